The van der Waals surface area contributed by atoms with Crippen LogP contribution < -0.4 is 10.5 Å². The first-order valence-electron chi connectivity index (χ1n) is 12.6. The van der Waals surface area contributed by atoms with Gasteiger partial charge in [0.1, 0.15) is 16.5 Å². The number of anilines is 1. The average Bonchev–Trinajstić information content (AvgIpc) is 3.23. The van der Waals surface area contributed by atoms with Crippen LogP contribution in [0.2, 0.25) is 0 Å². The lowest BCUT2D eigenvalue weighted by Crippen LogP contribution is -2.44. The number of fused-ring (bicyclic) bond motifs is 1. The van der Waals surface area contributed by atoms with Gasteiger partial charge in [0, 0.05) is 43.9 Å². The Morgan fingerprint density at radius 2 is 1.82 bits per heavy atom. The summed E-state index contributed by atoms with van der Waals surface area (Å²) in [6.45, 7) is 6.38. The molecule has 0 radical (unpaired) electrons. The number of aromatic nitrogens is 2. The lowest BCUT2D eigenvalue weighted by atomic mass is 10.0. The van der Waals surface area contributed by atoms with Crippen LogP contribution in [-0.4, -0.2) is 67.5 Å². The summed E-state index contributed by atoms with van der Waals surface area (Å²) in [5.41, 5.74) is 1.49. The highest BCUT2D eigenvalue weighted by Crippen LogP contribution is 2.28. The summed E-state index contributed by atoms with van der Waals surface area (Å²) in [4.78, 5) is 20.1. The number of oxazole rings is 1. The Morgan fingerprint density at radius 1 is 1.07 bits per heavy atom. The van der Waals surface area contributed by atoms with Crippen molar-refractivity contribution in [2.45, 2.75) is 17.9 Å². The number of rotatable bonds is 6. The Bertz CT molecular complexity index is 1780. The first-order valence-corrected chi connectivity index (χ1v) is 14.1. The maximum Gasteiger partial charge on any atom is 0.420 e. The van der Waals surface area contributed by atoms with Crippen LogP contribution in [0.15, 0.2) is 68.7 Å². The monoisotopic (exact) mass is 567 g/mol. The van der Waals surface area contributed by atoms with Crippen molar-refractivity contribution < 1.29 is 21.6 Å². The molecule has 40 heavy (non-hydrogen) atoms. The minimum atomic E-state index is -4.50. The first-order chi connectivity index (χ1) is 19.1. The molecule has 1 aliphatic heterocycles. The summed E-state index contributed by atoms with van der Waals surface area (Å²) in [6, 6.07) is 12.2. The molecule has 0 bridgehead atoms. The lowest BCUT2D eigenvalue weighted by molar-refractivity contribution is 0.168. The van der Waals surface area contributed by atoms with Crippen LogP contribution >= 0.6 is 0 Å². The summed E-state index contributed by atoms with van der Waals surface area (Å²) in [6.07, 6.45) is 0. The molecule has 5 rings (SSSR count). The summed E-state index contributed by atoms with van der Waals surface area (Å²) >= 11 is 0. The van der Waals surface area contributed by atoms with E-state index in [1.807, 2.05) is 29.0 Å². The van der Waals surface area contributed by atoms with Crippen molar-refractivity contribution >= 4 is 26.9 Å². The van der Waals surface area contributed by atoms with E-state index in [1.54, 1.807) is 6.92 Å². The molecule has 4 aromatic rings. The van der Waals surface area contributed by atoms with E-state index >= 15 is 4.39 Å². The fourth-order valence-electron chi connectivity index (χ4n) is 4.55. The molecule has 12 heteroatoms. The van der Waals surface area contributed by atoms with Gasteiger partial charge in [-0.25, -0.2) is 22.6 Å². The molecule has 0 spiro atoms. The van der Waals surface area contributed by atoms with Crippen LogP contribution in [-0.2, 0) is 10.0 Å². The molecule has 9 nitrogen and oxygen atoms in total. The Kier molecular flexibility index (Phi) is 7.71. The maximum absolute atomic E-state index is 15.1. The smallest absolute Gasteiger partial charge is 0.408 e. The van der Waals surface area contributed by atoms with E-state index in [2.05, 4.69) is 33.7 Å². The van der Waals surface area contributed by atoms with Gasteiger partial charge in [0.25, 0.3) is 10.0 Å². The van der Waals surface area contributed by atoms with E-state index in [9.17, 15) is 17.6 Å². The Labute approximate surface area is 230 Å². The zero-order valence-electron chi connectivity index (χ0n) is 21.9. The standard InChI is InChI=1S/C28H27F2N5O4S/c1-19(21-8-3-6-20(16-21)7-5-11-34-14-12-33(2)13-15-34)35-23-17-22(29)25(18-24(23)39-28(35)36)40(37,38)32-27-10-4-9-26(30)31-27/h3-4,6,8-10,16-19H,11-15H2,1-2H3,(H,31,32)/t19-/m1/s1. The minimum Gasteiger partial charge on any atom is -0.408 e. The number of nitrogens with one attached hydrogen (secondary N) is 1. The van der Waals surface area contributed by atoms with Gasteiger partial charge < -0.3 is 9.32 Å². The van der Waals surface area contributed by atoms with Crippen molar-refractivity contribution in [2.75, 3.05) is 44.5 Å². The highest BCUT2D eigenvalue weighted by atomic mass is 32.2. The molecular weight excluding hydrogens is 540 g/mol. The molecule has 1 N–H and O–H groups in total. The minimum absolute atomic E-state index is 0.0874. The van der Waals surface area contributed by atoms with Crippen LogP contribution in [0.3, 0.4) is 0 Å². The second-order valence-corrected chi connectivity index (χ2v) is 11.3. The summed E-state index contributed by atoms with van der Waals surface area (Å²) in [7, 11) is -2.40. The Balaban J connectivity index is 1.40. The number of pyridine rings is 1. The van der Waals surface area contributed by atoms with Crippen molar-refractivity contribution in [2.24, 2.45) is 0 Å². The maximum atomic E-state index is 15.1. The molecule has 1 atom stereocenters. The van der Waals surface area contributed by atoms with E-state index in [0.717, 1.165) is 55.5 Å². The van der Waals surface area contributed by atoms with Crippen molar-refractivity contribution in [1.29, 1.82) is 0 Å². The van der Waals surface area contributed by atoms with E-state index in [0.29, 0.717) is 6.54 Å². The second-order valence-electron chi connectivity index (χ2n) is 9.62. The SMILES string of the molecule is C[C@H](c1cccc(C#CCN2CCN(C)CC2)c1)n1c(=O)oc2cc(S(=O)(=O)Nc3cccc(F)n3)c(F)cc21. The molecule has 1 fully saturated rings. The molecule has 2 aromatic heterocycles. The summed E-state index contributed by atoms with van der Waals surface area (Å²) < 4.78 is 62.7. The third-order valence-corrected chi connectivity index (χ3v) is 8.17. The van der Waals surface area contributed by atoms with E-state index in [-0.39, 0.29) is 16.9 Å². The molecule has 1 aliphatic rings. The largest absolute Gasteiger partial charge is 0.420 e. The van der Waals surface area contributed by atoms with Gasteiger partial charge in [-0.05, 0) is 43.8 Å². The third-order valence-electron chi connectivity index (χ3n) is 6.80. The number of likely N-dealkylation sites (N-methyl/N-ethyl adjacent to an activating group) is 1. The van der Waals surface area contributed by atoms with Gasteiger partial charge in [0.15, 0.2) is 5.58 Å². The number of halogens is 2. The van der Waals surface area contributed by atoms with Gasteiger partial charge in [0.05, 0.1) is 18.1 Å². The summed E-state index contributed by atoms with van der Waals surface area (Å²) in [5, 5.41) is 0. The highest BCUT2D eigenvalue weighted by Gasteiger charge is 2.25. The van der Waals surface area contributed by atoms with E-state index in [4.69, 9.17) is 4.42 Å². The average molecular weight is 568 g/mol. The van der Waals surface area contributed by atoms with Crippen molar-refractivity contribution in [3.8, 4) is 11.8 Å². The van der Waals surface area contributed by atoms with Gasteiger partial charge in [-0.3, -0.25) is 14.2 Å². The topological polar surface area (TPSA) is 101 Å². The number of piperazine rings is 1. The highest BCUT2D eigenvalue weighted by molar-refractivity contribution is 7.92. The molecule has 3 heterocycles. The van der Waals surface area contributed by atoms with Gasteiger partial charge in [-0.1, -0.05) is 30.0 Å². The molecule has 208 valence electrons. The Hall–Kier alpha value is -4.05. The predicted molar refractivity (Wildman–Crippen MR) is 147 cm³/mol. The predicted octanol–water partition coefficient (Wildman–Crippen LogP) is 3.28. The van der Waals surface area contributed by atoms with E-state index in [1.165, 1.54) is 16.7 Å². The van der Waals surface area contributed by atoms with Crippen molar-refractivity contribution in [3.05, 3.63) is 88.0 Å². The number of hydrogen-bond acceptors (Lipinski definition) is 7. The molecule has 0 aliphatic carbocycles. The zero-order valence-corrected chi connectivity index (χ0v) is 22.7. The van der Waals surface area contributed by atoms with Crippen LogP contribution in [0.25, 0.3) is 11.1 Å². The van der Waals surface area contributed by atoms with Crippen molar-refractivity contribution in [3.63, 3.8) is 0 Å². The van der Waals surface area contributed by atoms with Gasteiger partial charge in [-0.2, -0.15) is 4.39 Å². The molecular formula is C28H27F2N5O4S. The van der Waals surface area contributed by atoms with Crippen LogP contribution in [0.5, 0.6) is 0 Å². The van der Waals surface area contributed by atoms with Crippen LogP contribution in [0.4, 0.5) is 14.6 Å². The van der Waals surface area contributed by atoms with Gasteiger partial charge in [0.2, 0.25) is 5.95 Å². The molecule has 1 saturated heterocycles. The normalized spacial score (nSPS) is 15.5. The molecule has 0 amide bonds. The fourth-order valence-corrected chi connectivity index (χ4v) is 5.63. The Morgan fingerprint density at radius 3 is 2.58 bits per heavy atom. The molecule has 2 aromatic carbocycles. The van der Waals surface area contributed by atoms with Crippen LogP contribution in [0, 0.1) is 23.6 Å². The fraction of sp³-hybridized carbons (Fsp3) is 0.286. The third kappa shape index (κ3) is 5.91. The number of sulfonamides is 1. The van der Waals surface area contributed by atoms with E-state index < -0.39 is 38.5 Å². The van der Waals surface area contributed by atoms with Gasteiger partial charge in [-0.15, -0.1) is 0 Å². The number of hydrogen-bond donors (Lipinski definition) is 1. The molecule has 0 unspecified atom stereocenters. The number of benzene rings is 2. The van der Waals surface area contributed by atoms with Crippen molar-refractivity contribution in [1.82, 2.24) is 19.4 Å². The molecule has 0 saturated carbocycles. The summed E-state index contributed by atoms with van der Waals surface area (Å²) in [5.74, 6) is 3.27. The lowest BCUT2D eigenvalue weighted by Gasteiger charge is -2.30. The van der Waals surface area contributed by atoms with Crippen LogP contribution in [0.1, 0.15) is 24.1 Å². The van der Waals surface area contributed by atoms with Gasteiger partial charge >= 0.3 is 5.76 Å². The zero-order chi connectivity index (χ0) is 28.4. The first kappa shape index (κ1) is 27.5. The number of nitrogens with zero attached hydrogens (tertiary/aromatic N) is 4. The quantitative estimate of drug-likeness (QED) is 0.282. The second kappa shape index (κ2) is 11.2.